The van der Waals surface area contributed by atoms with Gasteiger partial charge in [-0.25, -0.2) is 0 Å². The van der Waals surface area contributed by atoms with Crippen molar-refractivity contribution in [2.75, 3.05) is 5.32 Å². The van der Waals surface area contributed by atoms with Crippen molar-refractivity contribution < 1.29 is 9.21 Å². The molecule has 3 rings (SSSR count). The Bertz CT molecular complexity index is 906. The summed E-state index contributed by atoms with van der Waals surface area (Å²) in [5.41, 5.74) is 3.16. The highest BCUT2D eigenvalue weighted by Crippen LogP contribution is 2.21. The van der Waals surface area contributed by atoms with Gasteiger partial charge in [0.05, 0.1) is 40.5 Å². The fourth-order valence-electron chi connectivity index (χ4n) is 2.37. The quantitative estimate of drug-likeness (QED) is 0.786. The van der Waals surface area contributed by atoms with Gasteiger partial charge in [-0.05, 0) is 32.9 Å². The van der Waals surface area contributed by atoms with Gasteiger partial charge in [-0.15, -0.1) is 0 Å². The minimum atomic E-state index is -0.316. The molecule has 3 aromatic rings. The van der Waals surface area contributed by atoms with Gasteiger partial charge in [-0.2, -0.15) is 10.2 Å². The molecule has 3 aromatic heterocycles. The van der Waals surface area contributed by atoms with E-state index in [2.05, 4.69) is 15.5 Å². The SMILES string of the molecule is Cc1nn(Cc2ccc(C(=O)Nc3cnn(C)c3C)o2)c(C)c1Cl. The summed E-state index contributed by atoms with van der Waals surface area (Å²) in [4.78, 5) is 12.3. The molecule has 3 heterocycles. The van der Waals surface area contributed by atoms with Gasteiger partial charge < -0.3 is 9.73 Å². The summed E-state index contributed by atoms with van der Waals surface area (Å²) in [6, 6.07) is 3.40. The van der Waals surface area contributed by atoms with Crippen LogP contribution in [0.4, 0.5) is 5.69 Å². The summed E-state index contributed by atoms with van der Waals surface area (Å²) in [5, 5.41) is 11.9. The first-order valence-electron chi connectivity index (χ1n) is 7.45. The molecular formula is C16H18ClN5O2. The first-order valence-corrected chi connectivity index (χ1v) is 7.82. The fraction of sp³-hybridized carbons (Fsp3) is 0.312. The number of hydrogen-bond donors (Lipinski definition) is 1. The number of nitrogens with zero attached hydrogens (tertiary/aromatic N) is 4. The van der Waals surface area contributed by atoms with E-state index in [1.807, 2.05) is 27.8 Å². The van der Waals surface area contributed by atoms with E-state index in [1.54, 1.807) is 27.7 Å². The molecule has 0 saturated heterocycles. The number of halogens is 1. The number of carbonyl (C=O) groups excluding carboxylic acids is 1. The summed E-state index contributed by atoms with van der Waals surface area (Å²) >= 11 is 6.14. The van der Waals surface area contributed by atoms with Crippen LogP contribution in [0.3, 0.4) is 0 Å². The second-order valence-electron chi connectivity index (χ2n) is 5.63. The van der Waals surface area contributed by atoms with E-state index in [1.165, 1.54) is 0 Å². The average Bonchev–Trinajstić information content (AvgIpc) is 3.20. The number of carbonyl (C=O) groups is 1. The number of aryl methyl sites for hydroxylation is 2. The maximum absolute atomic E-state index is 12.3. The van der Waals surface area contributed by atoms with Crippen LogP contribution >= 0.6 is 11.6 Å². The van der Waals surface area contributed by atoms with Crippen molar-refractivity contribution in [3.63, 3.8) is 0 Å². The summed E-state index contributed by atoms with van der Waals surface area (Å²) < 4.78 is 9.07. The molecule has 0 aromatic carbocycles. The Balaban J connectivity index is 1.74. The molecule has 0 unspecified atom stereocenters. The predicted octanol–water partition coefficient (Wildman–Crippen LogP) is 3.09. The molecular weight excluding hydrogens is 330 g/mol. The molecule has 0 radical (unpaired) electrons. The Labute approximate surface area is 144 Å². The molecule has 0 aliphatic carbocycles. The van der Waals surface area contributed by atoms with Gasteiger partial charge in [0.15, 0.2) is 5.76 Å². The van der Waals surface area contributed by atoms with E-state index in [0.29, 0.717) is 23.0 Å². The lowest BCUT2D eigenvalue weighted by Gasteiger charge is -2.03. The van der Waals surface area contributed by atoms with Crippen LogP contribution in [0.1, 0.15) is 33.4 Å². The average molecular weight is 348 g/mol. The molecule has 1 amide bonds. The molecule has 0 atom stereocenters. The number of anilines is 1. The summed E-state index contributed by atoms with van der Waals surface area (Å²) in [6.45, 7) is 6.04. The Morgan fingerprint density at radius 2 is 2.04 bits per heavy atom. The topological polar surface area (TPSA) is 77.9 Å². The lowest BCUT2D eigenvalue weighted by molar-refractivity contribution is 0.0994. The highest BCUT2D eigenvalue weighted by atomic mass is 35.5. The zero-order valence-corrected chi connectivity index (χ0v) is 14.7. The largest absolute Gasteiger partial charge is 0.454 e. The third-order valence-electron chi connectivity index (χ3n) is 3.97. The third kappa shape index (κ3) is 2.94. The van der Waals surface area contributed by atoms with Gasteiger partial charge >= 0.3 is 0 Å². The van der Waals surface area contributed by atoms with Gasteiger partial charge in [0, 0.05) is 7.05 Å². The molecule has 0 aliphatic heterocycles. The Morgan fingerprint density at radius 3 is 2.62 bits per heavy atom. The van der Waals surface area contributed by atoms with Crippen molar-refractivity contribution in [1.29, 1.82) is 0 Å². The Morgan fingerprint density at radius 1 is 1.29 bits per heavy atom. The van der Waals surface area contributed by atoms with Crippen molar-refractivity contribution in [3.05, 3.63) is 52.0 Å². The molecule has 0 aliphatic rings. The van der Waals surface area contributed by atoms with Gasteiger partial charge in [-0.1, -0.05) is 11.6 Å². The van der Waals surface area contributed by atoms with Crippen LogP contribution in [-0.4, -0.2) is 25.5 Å². The molecule has 7 nitrogen and oxygen atoms in total. The zero-order chi connectivity index (χ0) is 17.4. The molecule has 8 heteroatoms. The summed E-state index contributed by atoms with van der Waals surface area (Å²) in [7, 11) is 1.82. The van der Waals surface area contributed by atoms with Crippen LogP contribution in [0.5, 0.6) is 0 Å². The van der Waals surface area contributed by atoms with Crippen molar-refractivity contribution >= 4 is 23.2 Å². The van der Waals surface area contributed by atoms with Crippen LogP contribution < -0.4 is 5.32 Å². The molecule has 24 heavy (non-hydrogen) atoms. The van der Waals surface area contributed by atoms with Crippen LogP contribution in [0.25, 0.3) is 0 Å². The summed E-state index contributed by atoms with van der Waals surface area (Å²) in [6.07, 6.45) is 1.61. The Hall–Kier alpha value is -2.54. The Kier molecular flexibility index (Phi) is 4.19. The third-order valence-corrected chi connectivity index (χ3v) is 4.51. The smallest absolute Gasteiger partial charge is 0.291 e. The van der Waals surface area contributed by atoms with Crippen LogP contribution in [0.2, 0.25) is 5.02 Å². The molecule has 0 spiro atoms. The number of furan rings is 1. The second-order valence-corrected chi connectivity index (χ2v) is 6.01. The predicted molar refractivity (Wildman–Crippen MR) is 90.4 cm³/mol. The van der Waals surface area contributed by atoms with Crippen LogP contribution in [0, 0.1) is 20.8 Å². The fourth-order valence-corrected chi connectivity index (χ4v) is 2.50. The summed E-state index contributed by atoms with van der Waals surface area (Å²) in [5.74, 6) is 0.551. The highest BCUT2D eigenvalue weighted by molar-refractivity contribution is 6.31. The van der Waals surface area contributed by atoms with Crippen LogP contribution in [0.15, 0.2) is 22.7 Å². The molecule has 126 valence electrons. The molecule has 1 N–H and O–H groups in total. The van der Waals surface area contributed by atoms with E-state index in [0.717, 1.165) is 17.1 Å². The van der Waals surface area contributed by atoms with E-state index < -0.39 is 0 Å². The molecule has 0 bridgehead atoms. The van der Waals surface area contributed by atoms with Crippen LogP contribution in [-0.2, 0) is 13.6 Å². The van der Waals surface area contributed by atoms with Crippen molar-refractivity contribution in [3.8, 4) is 0 Å². The second kappa shape index (κ2) is 6.16. The first-order chi connectivity index (χ1) is 11.4. The van der Waals surface area contributed by atoms with Crippen molar-refractivity contribution in [2.24, 2.45) is 7.05 Å². The highest BCUT2D eigenvalue weighted by Gasteiger charge is 2.16. The molecule has 0 saturated carbocycles. The van der Waals surface area contributed by atoms with E-state index >= 15 is 0 Å². The van der Waals surface area contributed by atoms with Gasteiger partial charge in [0.2, 0.25) is 0 Å². The number of hydrogen-bond acceptors (Lipinski definition) is 4. The number of amides is 1. The normalized spacial score (nSPS) is 11.0. The lowest BCUT2D eigenvalue weighted by atomic mass is 10.3. The maximum Gasteiger partial charge on any atom is 0.291 e. The number of nitrogens with one attached hydrogen (secondary N) is 1. The minimum absolute atomic E-state index is 0.237. The van der Waals surface area contributed by atoms with Crippen molar-refractivity contribution in [2.45, 2.75) is 27.3 Å². The van der Waals surface area contributed by atoms with Gasteiger partial charge in [0.1, 0.15) is 5.76 Å². The maximum atomic E-state index is 12.3. The number of rotatable bonds is 4. The number of aromatic nitrogens is 4. The zero-order valence-electron chi connectivity index (χ0n) is 13.9. The van der Waals surface area contributed by atoms with E-state index in [9.17, 15) is 4.79 Å². The van der Waals surface area contributed by atoms with E-state index in [-0.39, 0.29) is 11.7 Å². The van der Waals surface area contributed by atoms with Gasteiger partial charge in [0.25, 0.3) is 5.91 Å². The molecule has 0 fully saturated rings. The lowest BCUT2D eigenvalue weighted by Crippen LogP contribution is -2.11. The van der Waals surface area contributed by atoms with Crippen molar-refractivity contribution in [1.82, 2.24) is 19.6 Å². The standard InChI is InChI=1S/C16H18ClN5O2/c1-9-15(17)11(3)22(20-9)8-12-5-6-14(24-12)16(23)19-13-7-18-21(4)10(13)2/h5-7H,8H2,1-4H3,(H,19,23). The monoisotopic (exact) mass is 347 g/mol. The first kappa shape index (κ1) is 16.3. The van der Waals surface area contributed by atoms with E-state index in [4.69, 9.17) is 16.0 Å². The minimum Gasteiger partial charge on any atom is -0.454 e. The van der Waals surface area contributed by atoms with Gasteiger partial charge in [-0.3, -0.25) is 14.2 Å².